The Morgan fingerprint density at radius 1 is 1.17 bits per heavy atom. The highest BCUT2D eigenvalue weighted by Crippen LogP contribution is 2.17. The molecule has 6 heteroatoms. The predicted molar refractivity (Wildman–Crippen MR) is 65.2 cm³/mol. The summed E-state index contributed by atoms with van der Waals surface area (Å²) < 4.78 is 5.01. The van der Waals surface area contributed by atoms with Gasteiger partial charge < -0.3 is 9.64 Å². The molecule has 2 aliphatic heterocycles. The van der Waals surface area contributed by atoms with Gasteiger partial charge in [-0.3, -0.25) is 9.69 Å². The van der Waals surface area contributed by atoms with Crippen LogP contribution >= 0.6 is 0 Å². The molecule has 1 aromatic heterocycles. The maximum atomic E-state index is 11.1. The van der Waals surface area contributed by atoms with Gasteiger partial charge in [0, 0.05) is 38.6 Å². The Hall–Kier alpha value is -1.69. The number of piperazine rings is 1. The lowest BCUT2D eigenvalue weighted by Gasteiger charge is -2.36. The van der Waals surface area contributed by atoms with Crippen LogP contribution < -0.4 is 4.90 Å². The molecule has 2 aliphatic rings. The van der Waals surface area contributed by atoms with Gasteiger partial charge in [0.25, 0.3) is 0 Å². The summed E-state index contributed by atoms with van der Waals surface area (Å²) in [6, 6.07) is 2.08. The zero-order chi connectivity index (χ0) is 12.4. The standard InChI is InChI=1S/C12H16N4O2/c17-11-8-10(9-18-11)15-4-6-16(7-5-15)12-13-2-1-3-14-12/h1-3,10H,4-9H2/t10-/m1/s1. The largest absolute Gasteiger partial charge is 0.464 e. The third-order valence-corrected chi connectivity index (χ3v) is 3.50. The number of aromatic nitrogens is 2. The maximum absolute atomic E-state index is 11.1. The first-order chi connectivity index (χ1) is 8.83. The first-order valence-corrected chi connectivity index (χ1v) is 6.24. The maximum Gasteiger partial charge on any atom is 0.307 e. The number of ether oxygens (including phenoxy) is 1. The fraction of sp³-hybridized carbons (Fsp3) is 0.583. The Kier molecular flexibility index (Phi) is 3.10. The summed E-state index contributed by atoms with van der Waals surface area (Å²) in [5.41, 5.74) is 0. The number of esters is 1. The lowest BCUT2D eigenvalue weighted by atomic mass is 10.2. The Labute approximate surface area is 106 Å². The van der Waals surface area contributed by atoms with Gasteiger partial charge in [-0.05, 0) is 6.07 Å². The molecule has 0 bridgehead atoms. The van der Waals surface area contributed by atoms with E-state index in [4.69, 9.17) is 4.74 Å². The normalized spacial score (nSPS) is 25.2. The number of cyclic esters (lactones) is 1. The Balaban J connectivity index is 1.57. The quantitative estimate of drug-likeness (QED) is 0.682. The summed E-state index contributed by atoms with van der Waals surface area (Å²) in [6.07, 6.45) is 4.05. The topological polar surface area (TPSA) is 58.6 Å². The van der Waals surface area contributed by atoms with E-state index in [0.717, 1.165) is 32.1 Å². The first kappa shape index (κ1) is 11.4. The predicted octanol–water partition coefficient (Wildman–Crippen LogP) is -0.0859. The molecule has 0 spiro atoms. The van der Waals surface area contributed by atoms with Crippen LogP contribution in [0, 0.1) is 0 Å². The van der Waals surface area contributed by atoms with Crippen LogP contribution in [-0.4, -0.2) is 59.7 Å². The highest BCUT2D eigenvalue weighted by Gasteiger charge is 2.31. The molecule has 0 N–H and O–H groups in total. The summed E-state index contributed by atoms with van der Waals surface area (Å²) in [4.78, 5) is 24.1. The molecule has 0 amide bonds. The minimum Gasteiger partial charge on any atom is -0.464 e. The molecule has 3 heterocycles. The summed E-state index contributed by atoms with van der Waals surface area (Å²) in [6.45, 7) is 4.20. The van der Waals surface area contributed by atoms with Crippen molar-refractivity contribution < 1.29 is 9.53 Å². The van der Waals surface area contributed by atoms with Gasteiger partial charge >= 0.3 is 5.97 Å². The van der Waals surface area contributed by atoms with E-state index in [0.29, 0.717) is 13.0 Å². The van der Waals surface area contributed by atoms with E-state index in [-0.39, 0.29) is 12.0 Å². The average molecular weight is 248 g/mol. The van der Waals surface area contributed by atoms with Crippen LogP contribution in [0.25, 0.3) is 0 Å². The molecule has 18 heavy (non-hydrogen) atoms. The fourth-order valence-electron chi connectivity index (χ4n) is 2.48. The third kappa shape index (κ3) is 2.28. The van der Waals surface area contributed by atoms with Crippen molar-refractivity contribution in [2.45, 2.75) is 12.5 Å². The highest BCUT2D eigenvalue weighted by atomic mass is 16.5. The first-order valence-electron chi connectivity index (χ1n) is 6.24. The summed E-state index contributed by atoms with van der Waals surface area (Å²) in [5.74, 6) is 0.713. The monoisotopic (exact) mass is 248 g/mol. The number of anilines is 1. The van der Waals surface area contributed by atoms with Gasteiger partial charge in [0.05, 0.1) is 12.5 Å². The number of hydrogen-bond acceptors (Lipinski definition) is 6. The van der Waals surface area contributed by atoms with E-state index in [1.165, 1.54) is 0 Å². The number of nitrogens with zero attached hydrogens (tertiary/aromatic N) is 4. The van der Waals surface area contributed by atoms with E-state index in [9.17, 15) is 4.79 Å². The van der Waals surface area contributed by atoms with Crippen LogP contribution in [0.3, 0.4) is 0 Å². The second kappa shape index (κ2) is 4.89. The van der Waals surface area contributed by atoms with Gasteiger partial charge in [-0.2, -0.15) is 0 Å². The van der Waals surface area contributed by atoms with Crippen LogP contribution in [0.4, 0.5) is 5.95 Å². The van der Waals surface area contributed by atoms with E-state index >= 15 is 0 Å². The minimum absolute atomic E-state index is 0.0752. The molecule has 96 valence electrons. The van der Waals surface area contributed by atoms with Crippen LogP contribution in [-0.2, 0) is 9.53 Å². The molecule has 0 aliphatic carbocycles. The van der Waals surface area contributed by atoms with Crippen molar-refractivity contribution in [1.82, 2.24) is 14.9 Å². The fourth-order valence-corrected chi connectivity index (χ4v) is 2.48. The molecule has 1 atom stereocenters. The van der Waals surface area contributed by atoms with Crippen LogP contribution in [0.5, 0.6) is 0 Å². The van der Waals surface area contributed by atoms with Crippen molar-refractivity contribution in [1.29, 1.82) is 0 Å². The van der Waals surface area contributed by atoms with E-state index in [1.807, 2.05) is 6.07 Å². The van der Waals surface area contributed by atoms with E-state index in [2.05, 4.69) is 19.8 Å². The molecule has 2 fully saturated rings. The molecule has 0 saturated carbocycles. The highest BCUT2D eigenvalue weighted by molar-refractivity contribution is 5.72. The van der Waals surface area contributed by atoms with Gasteiger partial charge in [0.15, 0.2) is 0 Å². The number of carbonyl (C=O) groups is 1. The zero-order valence-corrected chi connectivity index (χ0v) is 10.2. The van der Waals surface area contributed by atoms with Crippen molar-refractivity contribution in [3.63, 3.8) is 0 Å². The molecule has 2 saturated heterocycles. The van der Waals surface area contributed by atoms with E-state index < -0.39 is 0 Å². The number of carbonyl (C=O) groups excluding carboxylic acids is 1. The van der Waals surface area contributed by atoms with Crippen LogP contribution in [0.1, 0.15) is 6.42 Å². The minimum atomic E-state index is -0.0752. The third-order valence-electron chi connectivity index (χ3n) is 3.50. The van der Waals surface area contributed by atoms with Gasteiger partial charge in [-0.15, -0.1) is 0 Å². The van der Waals surface area contributed by atoms with Crippen molar-refractivity contribution in [3.05, 3.63) is 18.5 Å². The summed E-state index contributed by atoms with van der Waals surface area (Å²) >= 11 is 0. The molecule has 1 aromatic rings. The van der Waals surface area contributed by atoms with Crippen molar-refractivity contribution in [2.75, 3.05) is 37.7 Å². The molecular formula is C12H16N4O2. The van der Waals surface area contributed by atoms with Gasteiger partial charge in [0.1, 0.15) is 6.61 Å². The summed E-state index contributed by atoms with van der Waals surface area (Å²) in [7, 11) is 0. The average Bonchev–Trinajstić information content (AvgIpc) is 2.87. The van der Waals surface area contributed by atoms with Crippen molar-refractivity contribution in [2.24, 2.45) is 0 Å². The molecular weight excluding hydrogens is 232 g/mol. The Morgan fingerprint density at radius 3 is 2.50 bits per heavy atom. The molecule has 0 aromatic carbocycles. The van der Waals surface area contributed by atoms with Gasteiger partial charge in [0.2, 0.25) is 5.95 Å². The van der Waals surface area contributed by atoms with Gasteiger partial charge in [-0.1, -0.05) is 0 Å². The molecule has 6 nitrogen and oxygen atoms in total. The molecule has 3 rings (SSSR count). The lowest BCUT2D eigenvalue weighted by molar-refractivity contribution is -0.137. The van der Waals surface area contributed by atoms with Crippen molar-refractivity contribution >= 4 is 11.9 Å². The smallest absolute Gasteiger partial charge is 0.307 e. The Morgan fingerprint density at radius 2 is 1.89 bits per heavy atom. The van der Waals surface area contributed by atoms with Crippen LogP contribution in [0.15, 0.2) is 18.5 Å². The van der Waals surface area contributed by atoms with E-state index in [1.54, 1.807) is 12.4 Å². The molecule has 0 radical (unpaired) electrons. The number of rotatable bonds is 2. The lowest BCUT2D eigenvalue weighted by Crippen LogP contribution is -2.51. The second-order valence-corrected chi connectivity index (χ2v) is 4.61. The van der Waals surface area contributed by atoms with Crippen LogP contribution in [0.2, 0.25) is 0 Å². The van der Waals surface area contributed by atoms with Crippen molar-refractivity contribution in [3.8, 4) is 0 Å². The molecule has 0 unspecified atom stereocenters. The number of hydrogen-bond donors (Lipinski definition) is 0. The SMILES string of the molecule is O=C1C[C@@H](N2CCN(c3ncccn3)CC2)CO1. The van der Waals surface area contributed by atoms with Gasteiger partial charge in [-0.25, -0.2) is 9.97 Å². The summed E-state index contributed by atoms with van der Waals surface area (Å²) in [5, 5.41) is 0. The zero-order valence-electron chi connectivity index (χ0n) is 10.2. The second-order valence-electron chi connectivity index (χ2n) is 4.61. The Bertz CT molecular complexity index is 417.